The summed E-state index contributed by atoms with van der Waals surface area (Å²) in [6.45, 7) is 1.00. The van der Waals surface area contributed by atoms with Crippen LogP contribution in [0.4, 0.5) is 22.0 Å². The molecule has 0 bridgehead atoms. The third-order valence-electron chi connectivity index (χ3n) is 5.81. The molecule has 1 saturated heterocycles. The van der Waals surface area contributed by atoms with Crippen LogP contribution in [-0.4, -0.2) is 49.6 Å². The van der Waals surface area contributed by atoms with E-state index in [-0.39, 0.29) is 24.2 Å². The molecule has 1 aliphatic heterocycles. The average Bonchev–Trinajstić information content (AvgIpc) is 3.28. The van der Waals surface area contributed by atoms with E-state index in [1.165, 1.54) is 29.2 Å². The quantitative estimate of drug-likeness (QED) is 0.577. The molecule has 180 valence electrons. The Hall–Kier alpha value is -3.38. The fourth-order valence-corrected chi connectivity index (χ4v) is 4.11. The molecule has 3 atom stereocenters. The third-order valence-corrected chi connectivity index (χ3v) is 5.81. The van der Waals surface area contributed by atoms with Gasteiger partial charge in [0.1, 0.15) is 29.9 Å². The molecular weight excluding hydrogens is 463 g/mol. The van der Waals surface area contributed by atoms with E-state index < -0.39 is 47.2 Å². The van der Waals surface area contributed by atoms with Crippen LogP contribution < -0.4 is 0 Å². The van der Waals surface area contributed by atoms with Gasteiger partial charge in [-0.25, -0.2) is 18.4 Å². The highest BCUT2D eigenvalue weighted by Gasteiger charge is 2.51. The van der Waals surface area contributed by atoms with Gasteiger partial charge < -0.3 is 14.7 Å². The van der Waals surface area contributed by atoms with Crippen LogP contribution in [0.25, 0.3) is 0 Å². The van der Waals surface area contributed by atoms with Gasteiger partial charge in [0, 0.05) is 17.2 Å². The molecule has 0 spiro atoms. The van der Waals surface area contributed by atoms with Gasteiger partial charge >= 0.3 is 6.18 Å². The van der Waals surface area contributed by atoms with Crippen LogP contribution >= 0.6 is 0 Å². The summed E-state index contributed by atoms with van der Waals surface area (Å²) >= 11 is 0. The van der Waals surface area contributed by atoms with E-state index >= 15 is 0 Å². The highest BCUT2D eigenvalue weighted by molar-refractivity contribution is 5.94. The molecule has 3 aromatic rings. The third kappa shape index (κ3) is 4.38. The zero-order valence-corrected chi connectivity index (χ0v) is 17.7. The van der Waals surface area contributed by atoms with Gasteiger partial charge in [0.25, 0.3) is 5.91 Å². The Balaban J connectivity index is 1.76. The lowest BCUT2D eigenvalue weighted by atomic mass is 9.83. The van der Waals surface area contributed by atoms with Gasteiger partial charge in [0.15, 0.2) is 6.29 Å². The number of halogens is 5. The molecule has 1 aromatic heterocycles. The number of alkyl halides is 3. The van der Waals surface area contributed by atoms with Crippen molar-refractivity contribution in [1.29, 1.82) is 0 Å². The SMILES string of the molecule is C[C@@H]1N(C(=O)c2ccc(C(F)(F)F)cc2)CC(O)O[C@@]1(Cn1cncn1)c1ccc(F)cc1F. The number of rotatable bonds is 4. The van der Waals surface area contributed by atoms with Gasteiger partial charge in [0.05, 0.1) is 24.7 Å². The summed E-state index contributed by atoms with van der Waals surface area (Å²) in [7, 11) is 0. The topological polar surface area (TPSA) is 80.5 Å². The molecular formula is C22H19F5N4O3. The first-order valence-electron chi connectivity index (χ1n) is 10.1. The molecule has 12 heteroatoms. The molecule has 0 aliphatic carbocycles. The fourth-order valence-electron chi connectivity index (χ4n) is 4.11. The van der Waals surface area contributed by atoms with Gasteiger partial charge in [-0.1, -0.05) is 6.07 Å². The van der Waals surface area contributed by atoms with Crippen molar-refractivity contribution in [3.05, 3.63) is 83.4 Å². The number of hydrogen-bond donors (Lipinski definition) is 1. The second kappa shape index (κ2) is 8.76. The Morgan fingerprint density at radius 2 is 1.91 bits per heavy atom. The van der Waals surface area contributed by atoms with Crippen molar-refractivity contribution in [2.45, 2.75) is 37.6 Å². The normalized spacial score (nSPS) is 23.2. The maximum Gasteiger partial charge on any atom is 0.416 e. The lowest BCUT2D eigenvalue weighted by Gasteiger charge is -2.50. The van der Waals surface area contributed by atoms with E-state index in [2.05, 4.69) is 10.1 Å². The average molecular weight is 482 g/mol. The molecule has 4 rings (SSSR count). The number of carbonyl (C=O) groups is 1. The molecule has 1 unspecified atom stereocenters. The van der Waals surface area contributed by atoms with Gasteiger partial charge in [-0.2, -0.15) is 18.3 Å². The van der Waals surface area contributed by atoms with Crippen molar-refractivity contribution in [3.8, 4) is 0 Å². The highest BCUT2D eigenvalue weighted by atomic mass is 19.4. The Kier molecular flexibility index (Phi) is 6.13. The van der Waals surface area contributed by atoms with Crippen molar-refractivity contribution >= 4 is 5.91 Å². The summed E-state index contributed by atoms with van der Waals surface area (Å²) in [6, 6.07) is 5.45. The summed E-state index contributed by atoms with van der Waals surface area (Å²) in [5.74, 6) is -2.50. The number of aliphatic hydroxyl groups excluding tert-OH is 1. The summed E-state index contributed by atoms with van der Waals surface area (Å²) in [6.07, 6.45) is -3.61. The van der Waals surface area contributed by atoms with Crippen molar-refractivity contribution in [2.24, 2.45) is 0 Å². The van der Waals surface area contributed by atoms with Crippen molar-refractivity contribution in [1.82, 2.24) is 19.7 Å². The number of carbonyl (C=O) groups excluding carboxylic acids is 1. The van der Waals surface area contributed by atoms with Gasteiger partial charge in [-0.3, -0.25) is 4.79 Å². The highest BCUT2D eigenvalue weighted by Crippen LogP contribution is 2.40. The molecule has 0 radical (unpaired) electrons. The first kappa shape index (κ1) is 23.8. The van der Waals surface area contributed by atoms with Gasteiger partial charge in [-0.15, -0.1) is 0 Å². The van der Waals surface area contributed by atoms with Crippen molar-refractivity contribution in [3.63, 3.8) is 0 Å². The lowest BCUT2D eigenvalue weighted by Crippen LogP contribution is -2.63. The largest absolute Gasteiger partial charge is 0.416 e. The summed E-state index contributed by atoms with van der Waals surface area (Å²) in [5, 5.41) is 14.5. The van der Waals surface area contributed by atoms with Crippen LogP contribution in [0.5, 0.6) is 0 Å². The smallest absolute Gasteiger partial charge is 0.366 e. The molecule has 1 fully saturated rings. The Bertz CT molecular complexity index is 1170. The Morgan fingerprint density at radius 3 is 2.50 bits per heavy atom. The van der Waals surface area contributed by atoms with Crippen molar-refractivity contribution < 1.29 is 36.6 Å². The van der Waals surface area contributed by atoms with Crippen LogP contribution in [0.1, 0.15) is 28.4 Å². The van der Waals surface area contributed by atoms with E-state index in [9.17, 15) is 31.9 Å². The number of morpholine rings is 1. The molecule has 34 heavy (non-hydrogen) atoms. The van der Waals surface area contributed by atoms with E-state index in [0.29, 0.717) is 6.07 Å². The predicted octanol–water partition coefficient (Wildman–Crippen LogP) is 3.35. The molecule has 2 aromatic carbocycles. The number of aromatic nitrogens is 3. The first-order chi connectivity index (χ1) is 16.0. The maximum atomic E-state index is 15.0. The number of ether oxygens (including phenoxy) is 1. The summed E-state index contributed by atoms with van der Waals surface area (Å²) in [5.41, 5.74) is -2.86. The Labute approximate surface area is 190 Å². The monoisotopic (exact) mass is 482 g/mol. The van der Waals surface area contributed by atoms with Crippen LogP contribution in [0.2, 0.25) is 0 Å². The fraction of sp³-hybridized carbons (Fsp3) is 0.318. The number of nitrogens with zero attached hydrogens (tertiary/aromatic N) is 4. The maximum absolute atomic E-state index is 15.0. The van der Waals surface area contributed by atoms with E-state index in [1.807, 2.05) is 0 Å². The first-order valence-corrected chi connectivity index (χ1v) is 10.1. The minimum absolute atomic E-state index is 0.0665. The molecule has 7 nitrogen and oxygen atoms in total. The van der Waals surface area contributed by atoms with Crippen LogP contribution in [-0.2, 0) is 23.1 Å². The summed E-state index contributed by atoms with van der Waals surface area (Å²) < 4.78 is 74.4. The second-order valence-corrected chi connectivity index (χ2v) is 7.89. The van der Waals surface area contributed by atoms with Crippen molar-refractivity contribution in [2.75, 3.05) is 6.54 Å². The van der Waals surface area contributed by atoms with Gasteiger partial charge in [-0.05, 0) is 37.3 Å². The number of amides is 1. The van der Waals surface area contributed by atoms with E-state index in [1.54, 1.807) is 0 Å². The molecule has 1 aliphatic rings. The lowest BCUT2D eigenvalue weighted by molar-refractivity contribution is -0.255. The standard InChI is InChI=1S/C22H19F5N4O3/c1-13-21(10-30-12-28-11-29-30,17-7-6-16(23)8-18(17)24)34-19(32)9-31(13)20(33)14-2-4-15(5-3-14)22(25,26)27/h2-8,11-13,19,32H,9-10H2,1H3/t13-,19?,21+/m0/s1. The minimum atomic E-state index is -4.57. The number of β-amino-alcohol motifs (C(OH)–C–C–N with tert-alkyl or cyclic N) is 1. The molecule has 1 N–H and O–H groups in total. The number of hydrogen-bond acceptors (Lipinski definition) is 5. The molecule has 2 heterocycles. The molecule has 0 saturated carbocycles. The molecule has 1 amide bonds. The Morgan fingerprint density at radius 1 is 1.21 bits per heavy atom. The summed E-state index contributed by atoms with van der Waals surface area (Å²) in [4.78, 5) is 18.3. The van der Waals surface area contributed by atoms with Crippen LogP contribution in [0.15, 0.2) is 55.1 Å². The van der Waals surface area contributed by atoms with E-state index in [4.69, 9.17) is 4.74 Å². The van der Waals surface area contributed by atoms with Gasteiger partial charge in [0.2, 0.25) is 0 Å². The second-order valence-electron chi connectivity index (χ2n) is 7.89. The predicted molar refractivity (Wildman–Crippen MR) is 107 cm³/mol. The minimum Gasteiger partial charge on any atom is -0.366 e. The van der Waals surface area contributed by atoms with Crippen LogP contribution in [0, 0.1) is 11.6 Å². The zero-order valence-electron chi connectivity index (χ0n) is 17.7. The van der Waals surface area contributed by atoms with E-state index in [0.717, 1.165) is 36.4 Å². The number of aliphatic hydroxyl groups is 1. The van der Waals surface area contributed by atoms with Crippen LogP contribution in [0.3, 0.4) is 0 Å². The number of benzene rings is 2. The zero-order chi connectivity index (χ0) is 24.7.